The molecule has 4 heterocycles. The zero-order valence-corrected chi connectivity index (χ0v) is 27.1. The van der Waals surface area contributed by atoms with Gasteiger partial charge in [0.15, 0.2) is 5.78 Å². The highest BCUT2D eigenvalue weighted by molar-refractivity contribution is 5.99. The number of amides is 2. The predicted molar refractivity (Wildman–Crippen MR) is 179 cm³/mol. The second-order valence-corrected chi connectivity index (χ2v) is 11.8. The molecule has 47 heavy (non-hydrogen) atoms. The van der Waals surface area contributed by atoms with Crippen molar-refractivity contribution in [3.8, 4) is 0 Å². The number of ketones is 1. The number of piperazine rings is 1. The van der Waals surface area contributed by atoms with E-state index in [1.54, 1.807) is 23.9 Å². The number of pyridine rings is 2. The largest absolute Gasteiger partial charge is 0.378 e. The number of carbonyl (C=O) groups excluding carboxylic acids is 3. The molecule has 0 radical (unpaired) electrons. The number of ether oxygens (including phenoxy) is 1. The second-order valence-electron chi connectivity index (χ2n) is 11.8. The van der Waals surface area contributed by atoms with Crippen molar-refractivity contribution in [1.82, 2.24) is 35.1 Å². The number of aryl methyl sites for hydroxylation is 1. The van der Waals surface area contributed by atoms with Gasteiger partial charge in [-0.1, -0.05) is 19.4 Å². The molecule has 0 spiro atoms. The molecule has 0 aromatic carbocycles. The fraction of sp³-hybridized carbons (Fsp3) is 0.485. The Morgan fingerprint density at radius 1 is 1.02 bits per heavy atom. The lowest BCUT2D eigenvalue weighted by atomic mass is 10.0. The molecule has 1 saturated heterocycles. The van der Waals surface area contributed by atoms with Gasteiger partial charge in [0.25, 0.3) is 5.56 Å². The Hall–Kier alpha value is -4.69. The number of hydrogen-bond acceptors (Lipinski definition) is 11. The maximum absolute atomic E-state index is 13.5. The summed E-state index contributed by atoms with van der Waals surface area (Å²) in [4.78, 5) is 67.5. The van der Waals surface area contributed by atoms with Crippen molar-refractivity contribution in [2.75, 3.05) is 69.2 Å². The van der Waals surface area contributed by atoms with Gasteiger partial charge in [0, 0.05) is 56.9 Å². The van der Waals surface area contributed by atoms with Gasteiger partial charge in [0.05, 0.1) is 37.2 Å². The van der Waals surface area contributed by atoms with Crippen molar-refractivity contribution in [2.45, 2.75) is 45.6 Å². The SMILES string of the molecule is C=CC(=O)NCCOCCNC(=O)CN1CCN(c2ccc(Nc3ncc4c(C)c(C(C)=O)c(=O)n(C5CCCC5)c4n3)nc2)CC1. The monoisotopic (exact) mass is 645 g/mol. The third-order valence-electron chi connectivity index (χ3n) is 8.64. The summed E-state index contributed by atoms with van der Waals surface area (Å²) in [5, 5.41) is 9.36. The number of rotatable bonds is 14. The summed E-state index contributed by atoms with van der Waals surface area (Å²) in [6, 6.07) is 3.86. The minimum absolute atomic E-state index is 0.00797. The van der Waals surface area contributed by atoms with Gasteiger partial charge >= 0.3 is 0 Å². The first-order chi connectivity index (χ1) is 22.7. The van der Waals surface area contributed by atoms with E-state index in [0.29, 0.717) is 61.2 Å². The van der Waals surface area contributed by atoms with E-state index in [0.717, 1.165) is 57.5 Å². The maximum atomic E-state index is 13.5. The van der Waals surface area contributed by atoms with Crippen LogP contribution in [0.4, 0.5) is 17.5 Å². The van der Waals surface area contributed by atoms with Crippen molar-refractivity contribution in [3.05, 3.63) is 58.7 Å². The predicted octanol–water partition coefficient (Wildman–Crippen LogP) is 2.11. The molecule has 0 unspecified atom stereocenters. The highest BCUT2D eigenvalue weighted by Gasteiger charge is 2.26. The molecule has 3 aromatic heterocycles. The normalized spacial score (nSPS) is 15.5. The zero-order valence-electron chi connectivity index (χ0n) is 27.1. The fourth-order valence-corrected chi connectivity index (χ4v) is 6.18. The van der Waals surface area contributed by atoms with Crippen LogP contribution in [0.2, 0.25) is 0 Å². The number of nitrogens with zero attached hydrogens (tertiary/aromatic N) is 6. The van der Waals surface area contributed by atoms with Gasteiger partial charge in [-0.3, -0.25) is 28.6 Å². The Morgan fingerprint density at radius 3 is 2.40 bits per heavy atom. The first-order valence-corrected chi connectivity index (χ1v) is 16.1. The van der Waals surface area contributed by atoms with Crippen LogP contribution in [0.25, 0.3) is 11.0 Å². The molecule has 14 heteroatoms. The minimum atomic E-state index is -0.281. The lowest BCUT2D eigenvalue weighted by molar-refractivity contribution is -0.122. The molecular formula is C33H43N9O5. The van der Waals surface area contributed by atoms with Gasteiger partial charge in [-0.2, -0.15) is 4.98 Å². The number of fused-ring (bicyclic) bond motifs is 1. The molecule has 1 saturated carbocycles. The van der Waals surface area contributed by atoms with Crippen LogP contribution in [-0.2, 0) is 14.3 Å². The van der Waals surface area contributed by atoms with Crippen LogP contribution in [0.5, 0.6) is 0 Å². The van der Waals surface area contributed by atoms with E-state index in [9.17, 15) is 19.2 Å². The molecular weight excluding hydrogens is 602 g/mol. The Balaban J connectivity index is 1.13. The third kappa shape index (κ3) is 8.37. The fourth-order valence-electron chi connectivity index (χ4n) is 6.18. The molecule has 0 bridgehead atoms. The minimum Gasteiger partial charge on any atom is -0.378 e. The van der Waals surface area contributed by atoms with Crippen molar-refractivity contribution in [2.24, 2.45) is 0 Å². The smallest absolute Gasteiger partial charge is 0.263 e. The van der Waals surface area contributed by atoms with E-state index in [-0.39, 0.29) is 34.8 Å². The van der Waals surface area contributed by atoms with E-state index >= 15 is 0 Å². The van der Waals surface area contributed by atoms with E-state index < -0.39 is 0 Å². The van der Waals surface area contributed by atoms with Gasteiger partial charge < -0.3 is 25.6 Å². The summed E-state index contributed by atoms with van der Waals surface area (Å²) >= 11 is 0. The Labute approximate surface area is 273 Å². The standard InChI is InChI=1S/C33H43N9O5/c1-4-28(44)34-11-17-47-18-12-35-29(45)21-40-13-15-41(16-14-40)25-9-10-27(36-19-25)38-33-37-20-26-22(2)30(23(3)43)32(46)42(31(26)39-33)24-7-5-6-8-24/h4,9-10,19-20,24H,1,5-8,11-18,21H2,2-3H3,(H,34,44)(H,35,45)(H,36,37,38,39). The molecule has 14 nitrogen and oxygen atoms in total. The van der Waals surface area contributed by atoms with Crippen LogP contribution in [0.3, 0.4) is 0 Å². The summed E-state index contributed by atoms with van der Waals surface area (Å²) < 4.78 is 7.11. The highest BCUT2D eigenvalue weighted by Crippen LogP contribution is 2.32. The quantitative estimate of drug-likeness (QED) is 0.134. The van der Waals surface area contributed by atoms with Gasteiger partial charge in [-0.15, -0.1) is 0 Å². The lowest BCUT2D eigenvalue weighted by Crippen LogP contribution is -2.49. The number of aromatic nitrogens is 4. The molecule has 1 aliphatic heterocycles. The Morgan fingerprint density at radius 2 is 1.74 bits per heavy atom. The number of nitrogens with one attached hydrogen (secondary N) is 3. The van der Waals surface area contributed by atoms with E-state index in [4.69, 9.17) is 9.72 Å². The maximum Gasteiger partial charge on any atom is 0.263 e. The van der Waals surface area contributed by atoms with Crippen molar-refractivity contribution in [3.63, 3.8) is 0 Å². The lowest BCUT2D eigenvalue weighted by Gasteiger charge is -2.35. The average Bonchev–Trinajstić information content (AvgIpc) is 3.59. The van der Waals surface area contributed by atoms with Crippen molar-refractivity contribution >= 4 is 46.1 Å². The topological polar surface area (TPSA) is 164 Å². The first kappa shape index (κ1) is 33.7. The van der Waals surface area contributed by atoms with Gasteiger partial charge in [0.2, 0.25) is 17.8 Å². The van der Waals surface area contributed by atoms with E-state index in [1.807, 2.05) is 12.1 Å². The molecule has 5 rings (SSSR count). The van der Waals surface area contributed by atoms with Crippen LogP contribution in [-0.4, -0.2) is 101 Å². The molecule has 250 valence electrons. The first-order valence-electron chi connectivity index (χ1n) is 16.1. The molecule has 3 aromatic rings. The van der Waals surface area contributed by atoms with Crippen molar-refractivity contribution < 1.29 is 19.1 Å². The molecule has 0 atom stereocenters. The molecule has 2 aliphatic rings. The summed E-state index contributed by atoms with van der Waals surface area (Å²) in [6.07, 6.45) is 8.51. The highest BCUT2D eigenvalue weighted by atomic mass is 16.5. The van der Waals surface area contributed by atoms with Crippen molar-refractivity contribution in [1.29, 1.82) is 0 Å². The zero-order chi connectivity index (χ0) is 33.3. The number of hydrogen-bond donors (Lipinski definition) is 3. The van der Waals surface area contributed by atoms with E-state index in [2.05, 4.69) is 42.3 Å². The summed E-state index contributed by atoms with van der Waals surface area (Å²) in [5.74, 6) is 0.358. The number of anilines is 3. The molecule has 1 aliphatic carbocycles. The summed E-state index contributed by atoms with van der Waals surface area (Å²) in [7, 11) is 0. The van der Waals surface area contributed by atoms with Gasteiger partial charge in [-0.25, -0.2) is 9.97 Å². The number of Topliss-reactive ketones (excluding diaryl/α,β-unsaturated/α-hetero) is 1. The number of carbonyl (C=O) groups is 3. The van der Waals surface area contributed by atoms with Crippen LogP contribution >= 0.6 is 0 Å². The summed E-state index contributed by atoms with van der Waals surface area (Å²) in [5.41, 5.74) is 2.04. The Kier molecular flexibility index (Phi) is 11.3. The van der Waals surface area contributed by atoms with Crippen LogP contribution in [0.15, 0.2) is 42.0 Å². The van der Waals surface area contributed by atoms with Crippen LogP contribution < -0.4 is 26.4 Å². The van der Waals surface area contributed by atoms with Crippen LogP contribution in [0, 0.1) is 6.92 Å². The van der Waals surface area contributed by atoms with Crippen LogP contribution in [0.1, 0.15) is 54.6 Å². The van der Waals surface area contributed by atoms with Gasteiger partial charge in [-0.05, 0) is 50.5 Å². The second kappa shape index (κ2) is 15.7. The summed E-state index contributed by atoms with van der Waals surface area (Å²) in [6.45, 7) is 11.5. The average molecular weight is 646 g/mol. The van der Waals surface area contributed by atoms with Gasteiger partial charge in [0.1, 0.15) is 11.5 Å². The Bertz CT molecular complexity index is 1660. The van der Waals surface area contributed by atoms with E-state index in [1.165, 1.54) is 13.0 Å². The molecule has 3 N–H and O–H groups in total. The molecule has 2 fully saturated rings. The molecule has 2 amide bonds. The third-order valence-corrected chi connectivity index (χ3v) is 8.64.